The first-order valence-electron chi connectivity index (χ1n) is 13.6. The average molecular weight is 611 g/mol. The number of benzene rings is 2. The number of hydrogen-bond acceptors (Lipinski definition) is 4. The van der Waals surface area contributed by atoms with Crippen LogP contribution in [-0.2, 0) is 22.6 Å². The molecule has 4 rings (SSSR count). The molecule has 1 aliphatic rings. The van der Waals surface area contributed by atoms with Gasteiger partial charge < -0.3 is 15.1 Å². The van der Waals surface area contributed by atoms with Crippen molar-refractivity contribution in [3.05, 3.63) is 76.7 Å². The highest BCUT2D eigenvalue weighted by molar-refractivity contribution is 6.03. The van der Waals surface area contributed by atoms with Crippen LogP contribution in [0.25, 0.3) is 11.1 Å². The van der Waals surface area contributed by atoms with Crippen LogP contribution in [0, 0.1) is 12.7 Å². The molecule has 3 aromatic rings. The van der Waals surface area contributed by atoms with E-state index in [0.29, 0.717) is 54.3 Å². The van der Waals surface area contributed by atoms with Gasteiger partial charge in [-0.2, -0.15) is 26.3 Å². The number of carbonyl (C=O) groups is 1. The molecule has 1 aromatic heterocycles. The van der Waals surface area contributed by atoms with Crippen molar-refractivity contribution in [2.45, 2.75) is 57.9 Å². The summed E-state index contributed by atoms with van der Waals surface area (Å²) in [6, 6.07) is 7.10. The summed E-state index contributed by atoms with van der Waals surface area (Å²) >= 11 is 0. The third-order valence-corrected chi connectivity index (χ3v) is 7.93. The molecular weight excluding hydrogens is 577 g/mol. The van der Waals surface area contributed by atoms with Gasteiger partial charge in [0.15, 0.2) is 0 Å². The van der Waals surface area contributed by atoms with Crippen molar-refractivity contribution in [3.63, 3.8) is 0 Å². The highest BCUT2D eigenvalue weighted by atomic mass is 19.4. The molecule has 0 atom stereocenters. The smallest absolute Gasteiger partial charge is 0.349 e. The Hall–Kier alpha value is -3.67. The van der Waals surface area contributed by atoms with Gasteiger partial charge in [-0.15, -0.1) is 0 Å². The number of aromatic nitrogens is 1. The maximum Gasteiger partial charge on any atom is 0.416 e. The Bertz CT molecular complexity index is 1500. The van der Waals surface area contributed by atoms with Crippen molar-refractivity contribution in [2.24, 2.45) is 0 Å². The van der Waals surface area contributed by atoms with E-state index in [9.17, 15) is 35.5 Å². The van der Waals surface area contributed by atoms with Crippen molar-refractivity contribution in [3.8, 4) is 11.1 Å². The maximum atomic E-state index is 14.0. The number of nitrogens with one attached hydrogen (secondary N) is 1. The molecule has 2 aromatic carbocycles. The second-order valence-electron chi connectivity index (χ2n) is 11.9. The Morgan fingerprint density at radius 1 is 0.930 bits per heavy atom. The molecule has 1 saturated heterocycles. The number of nitrogens with zero attached hydrogens (tertiary/aromatic N) is 3. The highest BCUT2D eigenvalue weighted by Crippen LogP contribution is 2.41. The van der Waals surface area contributed by atoms with E-state index in [1.807, 2.05) is 13.8 Å². The number of alkyl halides is 6. The normalized spacial score (nSPS) is 15.9. The van der Waals surface area contributed by atoms with Crippen LogP contribution in [0.15, 0.2) is 48.7 Å². The molecular formula is C31H33F7N4O. The second-order valence-corrected chi connectivity index (χ2v) is 11.9. The largest absolute Gasteiger partial charge is 0.416 e. The van der Waals surface area contributed by atoms with E-state index in [1.54, 1.807) is 19.1 Å². The van der Waals surface area contributed by atoms with Crippen molar-refractivity contribution in [2.75, 3.05) is 36.5 Å². The molecule has 232 valence electrons. The second kappa shape index (κ2) is 11.1. The summed E-state index contributed by atoms with van der Waals surface area (Å²) in [4.78, 5) is 21.8. The van der Waals surface area contributed by atoms with Crippen LogP contribution in [0.4, 0.5) is 42.2 Å². The van der Waals surface area contributed by atoms with E-state index in [-0.39, 0.29) is 17.3 Å². The molecule has 12 heteroatoms. The zero-order chi connectivity index (χ0) is 32.1. The molecule has 1 N–H and O–H groups in total. The molecule has 0 aliphatic carbocycles. The summed E-state index contributed by atoms with van der Waals surface area (Å²) in [5.74, 6) is -0.629. The lowest BCUT2D eigenvalue weighted by Crippen LogP contribution is -2.58. The van der Waals surface area contributed by atoms with Gasteiger partial charge in [-0.1, -0.05) is 6.07 Å². The van der Waals surface area contributed by atoms with Crippen molar-refractivity contribution in [1.29, 1.82) is 0 Å². The van der Waals surface area contributed by atoms with Crippen LogP contribution >= 0.6 is 0 Å². The van der Waals surface area contributed by atoms with Crippen LogP contribution < -0.4 is 15.1 Å². The minimum Gasteiger partial charge on any atom is -0.349 e. The van der Waals surface area contributed by atoms with E-state index < -0.39 is 46.2 Å². The van der Waals surface area contributed by atoms with Crippen LogP contribution in [0.2, 0.25) is 0 Å². The molecule has 1 fully saturated rings. The SMILES string of the molecule is Cc1cc(F)ccc1-c1cc(N2CCNCC2(C)C)ncc1N(C)C(=O)C(C)(C)c1cc(C(F)(F)F)cc(C(F)(F)F)c1. The molecule has 0 bridgehead atoms. The number of likely N-dealkylation sites (N-methyl/N-ethyl adjacent to an activating group) is 1. The number of hydrogen-bond donors (Lipinski definition) is 1. The van der Waals surface area contributed by atoms with Crippen LogP contribution in [0.1, 0.15) is 49.9 Å². The first-order valence-corrected chi connectivity index (χ1v) is 13.6. The maximum absolute atomic E-state index is 14.0. The number of rotatable bonds is 5. The monoisotopic (exact) mass is 610 g/mol. The molecule has 5 nitrogen and oxygen atoms in total. The number of piperazine rings is 1. The van der Waals surface area contributed by atoms with Gasteiger partial charge in [-0.3, -0.25) is 4.79 Å². The summed E-state index contributed by atoms with van der Waals surface area (Å²) in [5.41, 5.74) is -3.68. The lowest BCUT2D eigenvalue weighted by Gasteiger charge is -2.44. The fraction of sp³-hybridized carbons (Fsp3) is 0.419. The molecule has 0 saturated carbocycles. The van der Waals surface area contributed by atoms with E-state index in [4.69, 9.17) is 0 Å². The predicted octanol–water partition coefficient (Wildman–Crippen LogP) is 7.36. The number of amides is 1. The van der Waals surface area contributed by atoms with Crippen LogP contribution in [0.3, 0.4) is 0 Å². The van der Waals surface area contributed by atoms with E-state index in [1.165, 1.54) is 44.1 Å². The Morgan fingerprint density at radius 3 is 2.05 bits per heavy atom. The minimum absolute atomic E-state index is 0.0312. The average Bonchev–Trinajstić information content (AvgIpc) is 2.90. The van der Waals surface area contributed by atoms with Gasteiger partial charge in [0.05, 0.1) is 28.4 Å². The zero-order valence-corrected chi connectivity index (χ0v) is 24.6. The summed E-state index contributed by atoms with van der Waals surface area (Å²) in [6.45, 7) is 10.4. The Morgan fingerprint density at radius 2 is 1.51 bits per heavy atom. The van der Waals surface area contributed by atoms with Gasteiger partial charge in [0.2, 0.25) is 5.91 Å². The van der Waals surface area contributed by atoms with Gasteiger partial charge in [0, 0.05) is 37.8 Å². The van der Waals surface area contributed by atoms with E-state index in [2.05, 4.69) is 15.2 Å². The van der Waals surface area contributed by atoms with Gasteiger partial charge in [0.25, 0.3) is 0 Å². The van der Waals surface area contributed by atoms with Gasteiger partial charge in [-0.25, -0.2) is 9.37 Å². The molecule has 0 radical (unpaired) electrons. The fourth-order valence-electron chi connectivity index (χ4n) is 5.37. The third kappa shape index (κ3) is 6.48. The number of anilines is 2. The molecule has 0 spiro atoms. The van der Waals surface area contributed by atoms with Crippen molar-refractivity contribution >= 4 is 17.4 Å². The lowest BCUT2D eigenvalue weighted by atomic mass is 9.81. The van der Waals surface area contributed by atoms with Crippen LogP contribution in [0.5, 0.6) is 0 Å². The fourth-order valence-corrected chi connectivity index (χ4v) is 5.37. The van der Waals surface area contributed by atoms with Crippen molar-refractivity contribution < 1.29 is 35.5 Å². The van der Waals surface area contributed by atoms with Crippen molar-refractivity contribution in [1.82, 2.24) is 10.3 Å². The first-order chi connectivity index (χ1) is 19.7. The quantitative estimate of drug-likeness (QED) is 0.307. The molecule has 1 amide bonds. The minimum atomic E-state index is -5.06. The van der Waals surface area contributed by atoms with Crippen LogP contribution in [-0.4, -0.2) is 43.1 Å². The first kappa shape index (κ1) is 32.2. The summed E-state index contributed by atoms with van der Waals surface area (Å²) < 4.78 is 95.6. The summed E-state index contributed by atoms with van der Waals surface area (Å²) in [7, 11) is 1.39. The standard InChI is InChI=1S/C31H33F7N4O/c1-18-11-22(32)7-8-23(18)24-15-26(42-10-9-39-17-28(42,2)3)40-16-25(24)41(6)27(43)29(4,5)19-12-20(30(33,34)35)14-21(13-19)31(36,37)38/h7-8,11-16,39H,9-10,17H2,1-6H3. The van der Waals surface area contributed by atoms with Gasteiger partial charge >= 0.3 is 12.4 Å². The number of pyridine rings is 1. The van der Waals surface area contributed by atoms with Gasteiger partial charge in [-0.05, 0) is 87.7 Å². The molecule has 2 heterocycles. The van der Waals surface area contributed by atoms with Gasteiger partial charge in [0.1, 0.15) is 11.6 Å². The molecule has 1 aliphatic heterocycles. The summed E-state index contributed by atoms with van der Waals surface area (Å²) in [5, 5.41) is 3.33. The van der Waals surface area contributed by atoms with E-state index >= 15 is 0 Å². The molecule has 43 heavy (non-hydrogen) atoms. The number of aryl methyl sites for hydroxylation is 1. The Labute approximate surface area is 245 Å². The molecule has 0 unspecified atom stereocenters. The Kier molecular flexibility index (Phi) is 8.33. The third-order valence-electron chi connectivity index (χ3n) is 7.93. The lowest BCUT2D eigenvalue weighted by molar-refractivity contribution is -0.143. The predicted molar refractivity (Wildman–Crippen MR) is 152 cm³/mol. The number of carbonyl (C=O) groups excluding carboxylic acids is 1. The topological polar surface area (TPSA) is 48.5 Å². The highest BCUT2D eigenvalue weighted by Gasteiger charge is 2.41. The number of halogens is 7. The zero-order valence-electron chi connectivity index (χ0n) is 24.6. The van der Waals surface area contributed by atoms with E-state index in [0.717, 1.165) is 0 Å². The Balaban J connectivity index is 1.85. The summed E-state index contributed by atoms with van der Waals surface area (Å²) in [6.07, 6.45) is -8.68.